The molecule has 12 aromatic rings. The summed E-state index contributed by atoms with van der Waals surface area (Å²) < 4.78 is 170. The third kappa shape index (κ3) is 21.2. The fourth-order valence-corrected chi connectivity index (χ4v) is 15.6. The van der Waals surface area contributed by atoms with Crippen molar-refractivity contribution < 1.29 is 95.7 Å². The molecule has 4 fully saturated rings. The van der Waals surface area contributed by atoms with Crippen LogP contribution in [0.5, 0.6) is 0 Å². The molecule has 32 nitrogen and oxygen atoms in total. The summed E-state index contributed by atoms with van der Waals surface area (Å²) in [6, 6.07) is 6.45. The van der Waals surface area contributed by atoms with Crippen molar-refractivity contribution in [3.63, 3.8) is 0 Å². The quantitative estimate of drug-likeness (QED) is 0.0268. The number of hydrogen-bond acceptors (Lipinski definition) is 23. The van der Waals surface area contributed by atoms with Gasteiger partial charge >= 0.3 is 36.6 Å². The Bertz CT molecular complexity index is 6140. The number of fused-ring (bicyclic) bond motifs is 4. The lowest BCUT2D eigenvalue weighted by atomic mass is 9.97. The molecule has 4 amide bonds. The normalized spacial score (nSPS) is 17.8. The van der Waals surface area contributed by atoms with Gasteiger partial charge in [-0.25, -0.2) is 73.8 Å². The van der Waals surface area contributed by atoms with Crippen LogP contribution in [0.3, 0.4) is 0 Å². The minimum Gasteiger partial charge on any atom is -0.477 e. The van der Waals surface area contributed by atoms with Crippen LogP contribution in [-0.2, 0) is 23.9 Å². The minimum atomic E-state index is -4.56. The van der Waals surface area contributed by atoms with Gasteiger partial charge in [0.1, 0.15) is 101 Å². The number of pyridine rings is 4. The number of nitrogens with zero attached hydrogens (tertiary/aromatic N) is 16. The molecule has 0 aromatic carbocycles. The van der Waals surface area contributed by atoms with E-state index >= 15 is 0 Å². The number of carboxylic acids is 1. The van der Waals surface area contributed by atoms with E-state index in [4.69, 9.17) is 51.1 Å². The molecular weight excluding hydrogens is 1790 g/mol. The molecule has 127 heavy (non-hydrogen) atoms. The van der Waals surface area contributed by atoms with Gasteiger partial charge in [0.15, 0.2) is 34.9 Å². The van der Waals surface area contributed by atoms with Crippen LogP contribution in [0, 0.1) is 5.82 Å². The van der Waals surface area contributed by atoms with Crippen LogP contribution in [0.4, 0.5) is 80.3 Å². The van der Waals surface area contributed by atoms with Gasteiger partial charge in [0.05, 0.1) is 32.9 Å². The van der Waals surface area contributed by atoms with Crippen molar-refractivity contribution >= 4 is 149 Å². The lowest BCUT2D eigenvalue weighted by Crippen LogP contribution is -2.55. The van der Waals surface area contributed by atoms with Crippen LogP contribution in [0.25, 0.3) is 89.7 Å². The average Bonchev–Trinajstić information content (AvgIpc) is 1.65. The summed E-state index contributed by atoms with van der Waals surface area (Å²) in [5.41, 5.74) is 1.71. The number of aromatic amines is 4. The Morgan fingerprint density at radius 2 is 0.819 bits per heavy atom. The number of nitrogens with one attached hydrogen (secondary N) is 8. The van der Waals surface area contributed by atoms with Gasteiger partial charge in [0.25, 0.3) is 0 Å². The van der Waals surface area contributed by atoms with E-state index in [-0.39, 0.29) is 78.6 Å². The lowest BCUT2D eigenvalue weighted by Gasteiger charge is -2.35. The monoisotopic (exact) mass is 1860 g/mol. The molecule has 4 atom stereocenters. The second-order valence-corrected chi connectivity index (χ2v) is 31.3. The number of aromatic carboxylic acids is 1. The Morgan fingerprint density at radius 3 is 1.21 bits per heavy atom. The number of rotatable bonds is 19. The summed E-state index contributed by atoms with van der Waals surface area (Å²) in [4.78, 5) is 144. The number of amides is 4. The van der Waals surface area contributed by atoms with Crippen molar-refractivity contribution in [3.8, 4) is 45.6 Å². The zero-order chi connectivity index (χ0) is 91.4. The van der Waals surface area contributed by atoms with Gasteiger partial charge in [-0.1, -0.05) is 46.4 Å². The van der Waals surface area contributed by atoms with E-state index < -0.39 is 115 Å². The molecule has 16 heterocycles. The predicted molar refractivity (Wildman–Crippen MR) is 438 cm³/mol. The first kappa shape index (κ1) is 92.0. The van der Waals surface area contributed by atoms with Crippen molar-refractivity contribution in [2.75, 3.05) is 78.6 Å². The highest BCUT2D eigenvalue weighted by molar-refractivity contribution is 6.32. The first-order valence-corrected chi connectivity index (χ1v) is 40.1. The highest BCUT2D eigenvalue weighted by Crippen LogP contribution is 2.41. The first-order valence-electron chi connectivity index (χ1n) is 38.6. The van der Waals surface area contributed by atoms with Crippen molar-refractivity contribution in [2.24, 2.45) is 0 Å². The minimum absolute atomic E-state index is 0.0112. The molecule has 4 aliphatic rings. The Morgan fingerprint density at radius 1 is 0.465 bits per heavy atom. The number of alkyl halides is 12. The predicted octanol–water partition coefficient (Wildman–Crippen LogP) is 14.1. The maximum atomic E-state index is 14.7. The molecule has 0 radical (unpaired) electrons. The number of ether oxygens (including phenoxy) is 1. The molecule has 670 valence electrons. The van der Waals surface area contributed by atoms with Gasteiger partial charge in [-0.15, -0.1) is 0 Å². The van der Waals surface area contributed by atoms with E-state index in [2.05, 4.69) is 79.7 Å². The molecule has 0 spiro atoms. The van der Waals surface area contributed by atoms with Gasteiger partial charge in [-0.2, -0.15) is 52.7 Å². The van der Waals surface area contributed by atoms with Crippen LogP contribution < -0.4 is 40.9 Å². The van der Waals surface area contributed by atoms with Crippen molar-refractivity contribution in [2.45, 2.75) is 120 Å². The number of carbonyl (C=O) groups is 6. The first-order chi connectivity index (χ1) is 60.1. The highest BCUT2D eigenvalue weighted by Gasteiger charge is 2.48. The van der Waals surface area contributed by atoms with Gasteiger partial charge in [0.2, 0.25) is 23.6 Å². The van der Waals surface area contributed by atoms with Crippen LogP contribution in [0.1, 0.15) is 92.9 Å². The highest BCUT2D eigenvalue weighted by atomic mass is 35.5. The summed E-state index contributed by atoms with van der Waals surface area (Å²) in [5.74, 6) is -4.66. The SMILES string of the molecule is CC1(C(=O)NCC(F)(F)F)CCCN1c1ccnc(-c2c[nH]c3ncc(Cl)cc23)n1.CC1(C(=O)NCC(F)(F)F)CCCN1c1nc(-c2c[nH]c3ncc(Cl)cc23)ncc1F.CCOC(=O)c1cnc(-c2c[nH]c3ncc(Cl)cc23)nc1N1CCC[C@@H]1C(=O)NCC(F)(F)F.O=C(O)c1cnc(-c2c[nH]c3ncc(Cl)cc23)nc1N1CCC[C@@H]1C(=O)NCC(F)(F)F. The number of carbonyl (C=O) groups excluding carboxylic acids is 5. The number of anilines is 4. The molecule has 49 heteroatoms. The van der Waals surface area contributed by atoms with Crippen LogP contribution >= 0.6 is 46.4 Å². The molecule has 0 bridgehead atoms. The summed E-state index contributed by atoms with van der Waals surface area (Å²) in [6.07, 6.45) is 2.66. The van der Waals surface area contributed by atoms with E-state index in [1.807, 2.05) is 21.3 Å². The average molecular weight is 1860 g/mol. The fourth-order valence-electron chi connectivity index (χ4n) is 14.9. The third-order valence-electron chi connectivity index (χ3n) is 20.9. The Kier molecular flexibility index (Phi) is 27.2. The lowest BCUT2D eigenvalue weighted by molar-refractivity contribution is -0.141. The second-order valence-electron chi connectivity index (χ2n) is 29.5. The second kappa shape index (κ2) is 37.5. The molecule has 16 rings (SSSR count). The summed E-state index contributed by atoms with van der Waals surface area (Å²) >= 11 is 24.2. The molecule has 9 N–H and O–H groups in total. The smallest absolute Gasteiger partial charge is 0.405 e. The van der Waals surface area contributed by atoms with Crippen LogP contribution in [0.2, 0.25) is 20.1 Å². The molecular formula is C78H71Cl4F13N24O8. The molecule has 4 aliphatic heterocycles. The Balaban J connectivity index is 0.000000145. The third-order valence-corrected chi connectivity index (χ3v) is 21.7. The van der Waals surface area contributed by atoms with Gasteiger partial charge in [0, 0.05) is 138 Å². The van der Waals surface area contributed by atoms with E-state index in [1.165, 1.54) is 52.6 Å². The fraction of sp³-hybridized carbons (Fsp3) is 0.359. The number of hydrogen-bond donors (Lipinski definition) is 9. The zero-order valence-corrected chi connectivity index (χ0v) is 69.4. The van der Waals surface area contributed by atoms with Crippen molar-refractivity contribution in [1.29, 1.82) is 0 Å². The molecule has 4 saturated heterocycles. The number of esters is 1. The molecule has 2 unspecified atom stereocenters. The van der Waals surface area contributed by atoms with Gasteiger partial charge in [-0.05, 0) is 102 Å². The van der Waals surface area contributed by atoms with Gasteiger partial charge in [-0.3, -0.25) is 19.2 Å². The van der Waals surface area contributed by atoms with E-state index in [0.29, 0.717) is 144 Å². The number of aromatic nitrogens is 16. The van der Waals surface area contributed by atoms with E-state index in [0.717, 1.165) is 17.8 Å². The van der Waals surface area contributed by atoms with Crippen LogP contribution in [-0.4, -0.2) is 227 Å². The Hall–Kier alpha value is -12.7. The van der Waals surface area contributed by atoms with Crippen LogP contribution in [0.15, 0.2) is 105 Å². The topological polar surface area (TPSA) is 411 Å². The standard InChI is InChI=1S/C21H20ClF3N6O3.C19H17ClF4N6O.C19H16ClF3N6O3.C19H18ClF3N6O/c1-2-34-20(33)14-9-28-17(13-8-27-16-12(13)6-11(22)7-26-16)30-18(14)31-5-3-4-15(31)19(32)29-10-21(23,24)25;1-18(17(31)28-9-19(22,23)24)3-2-4-30(18)16-13(21)8-27-15(29-16)12-7-26-14-11(12)5-10(20)6-25-14;20-9-4-10-11(6-25-14(10)24-5-9)15-26-7-12(18(31)32)16(28-15)29-3-1-2-13(29)17(30)27-8-19(21,22)23;1-18(17(30)27-10-19(21,22)23)4-2-6-29(18)14-3-5-24-16(28-14)13-9-26-15-12(13)7-11(20)8-25-15/h6-9,15H,2-5,10H2,1H3,(H,26,27)(H,29,32);5-8H,2-4,9H2,1H3,(H,25,26)(H,28,31);4-7,13H,1-3,8H2,(H,24,25)(H,27,30)(H,31,32);3,5,7-9H,2,4,6,10H2,1H3,(H,25,26)(H,27,30)/t15-;;13-;/m1.1./s1. The van der Waals surface area contributed by atoms with Gasteiger partial charge < -0.3 is 70.6 Å². The summed E-state index contributed by atoms with van der Waals surface area (Å²) in [5, 5.41) is 21.5. The number of halogens is 17. The van der Waals surface area contributed by atoms with E-state index in [1.54, 1.807) is 80.1 Å². The maximum Gasteiger partial charge on any atom is 0.405 e. The maximum absolute atomic E-state index is 14.7. The molecule has 0 aliphatic carbocycles. The Labute approximate surface area is 728 Å². The molecule has 12 aromatic heterocycles. The molecule has 0 saturated carbocycles. The zero-order valence-electron chi connectivity index (χ0n) is 66.4. The summed E-state index contributed by atoms with van der Waals surface area (Å²) in [6.45, 7) is 0.406. The van der Waals surface area contributed by atoms with E-state index in [9.17, 15) is 90.9 Å². The largest absolute Gasteiger partial charge is 0.477 e. The van der Waals surface area contributed by atoms with Crippen molar-refractivity contribution in [1.82, 2.24) is 101 Å². The van der Waals surface area contributed by atoms with Crippen molar-refractivity contribution in [3.05, 3.63) is 142 Å². The summed E-state index contributed by atoms with van der Waals surface area (Å²) in [7, 11) is 0. The number of H-pyrrole nitrogens is 4. The number of carboxylic acid groups (broad SMARTS) is 1.